The summed E-state index contributed by atoms with van der Waals surface area (Å²) in [6, 6.07) is 3.38. The van der Waals surface area contributed by atoms with Gasteiger partial charge in [-0.15, -0.1) is 10.2 Å². The monoisotopic (exact) mass is 220 g/mol. The number of aryl methyl sites for hydroxylation is 1. The SMILES string of the molecule is CCc1nnc(-c2ccco2)c(=O)n1NC. The predicted octanol–water partition coefficient (Wildman–Crippen LogP) is 0.634. The van der Waals surface area contributed by atoms with Crippen molar-refractivity contribution >= 4 is 0 Å². The zero-order valence-electron chi connectivity index (χ0n) is 9.10. The average molecular weight is 220 g/mol. The second kappa shape index (κ2) is 4.18. The van der Waals surface area contributed by atoms with Gasteiger partial charge < -0.3 is 9.84 Å². The van der Waals surface area contributed by atoms with Gasteiger partial charge in [-0.1, -0.05) is 6.92 Å². The lowest BCUT2D eigenvalue weighted by molar-refractivity contribution is 0.573. The first-order valence-corrected chi connectivity index (χ1v) is 4.98. The van der Waals surface area contributed by atoms with Gasteiger partial charge in [0.25, 0.3) is 0 Å². The van der Waals surface area contributed by atoms with E-state index < -0.39 is 0 Å². The van der Waals surface area contributed by atoms with Crippen molar-refractivity contribution in [1.82, 2.24) is 14.9 Å². The van der Waals surface area contributed by atoms with Gasteiger partial charge in [-0.05, 0) is 12.1 Å². The molecule has 0 saturated heterocycles. The van der Waals surface area contributed by atoms with E-state index in [2.05, 4.69) is 15.6 Å². The molecule has 84 valence electrons. The van der Waals surface area contributed by atoms with E-state index in [0.717, 1.165) is 0 Å². The van der Waals surface area contributed by atoms with Gasteiger partial charge in [0.2, 0.25) is 0 Å². The molecule has 0 aromatic carbocycles. The molecular weight excluding hydrogens is 208 g/mol. The number of hydrogen-bond acceptors (Lipinski definition) is 5. The average Bonchev–Trinajstić information content (AvgIpc) is 2.81. The maximum absolute atomic E-state index is 12.0. The van der Waals surface area contributed by atoms with Crippen LogP contribution in [0.5, 0.6) is 0 Å². The minimum Gasteiger partial charge on any atom is -0.462 e. The normalized spacial score (nSPS) is 10.4. The molecule has 1 N–H and O–H groups in total. The highest BCUT2D eigenvalue weighted by Gasteiger charge is 2.13. The van der Waals surface area contributed by atoms with Gasteiger partial charge in [-0.3, -0.25) is 4.79 Å². The molecule has 6 nitrogen and oxygen atoms in total. The Hall–Kier alpha value is -2.11. The fourth-order valence-electron chi connectivity index (χ4n) is 1.45. The minimum absolute atomic E-state index is 0.205. The van der Waals surface area contributed by atoms with E-state index in [4.69, 9.17) is 4.42 Å². The maximum Gasteiger partial charge on any atom is 0.302 e. The number of rotatable bonds is 3. The molecule has 0 aliphatic heterocycles. The second-order valence-electron chi connectivity index (χ2n) is 3.16. The van der Waals surface area contributed by atoms with Crippen LogP contribution in [-0.4, -0.2) is 21.9 Å². The Balaban J connectivity index is 2.62. The molecule has 0 aliphatic rings. The Labute approximate surface area is 91.9 Å². The van der Waals surface area contributed by atoms with Crippen molar-refractivity contribution in [2.45, 2.75) is 13.3 Å². The molecule has 2 aromatic heterocycles. The molecule has 0 unspecified atom stereocenters. The van der Waals surface area contributed by atoms with E-state index in [1.807, 2.05) is 6.92 Å². The largest absolute Gasteiger partial charge is 0.462 e. The van der Waals surface area contributed by atoms with Crippen LogP contribution in [-0.2, 0) is 6.42 Å². The zero-order chi connectivity index (χ0) is 11.5. The molecule has 0 saturated carbocycles. The third kappa shape index (κ3) is 1.58. The molecule has 16 heavy (non-hydrogen) atoms. The zero-order valence-corrected chi connectivity index (χ0v) is 9.10. The number of aromatic nitrogens is 3. The van der Waals surface area contributed by atoms with Crippen molar-refractivity contribution in [1.29, 1.82) is 0 Å². The second-order valence-corrected chi connectivity index (χ2v) is 3.16. The molecular formula is C10H12N4O2. The van der Waals surface area contributed by atoms with Gasteiger partial charge >= 0.3 is 5.56 Å². The molecule has 2 rings (SSSR count). The molecule has 0 radical (unpaired) electrons. The molecule has 2 heterocycles. The van der Waals surface area contributed by atoms with Crippen LogP contribution in [0.15, 0.2) is 27.6 Å². The summed E-state index contributed by atoms with van der Waals surface area (Å²) in [4.78, 5) is 12.0. The first-order valence-electron chi connectivity index (χ1n) is 4.98. The Morgan fingerprint density at radius 1 is 1.50 bits per heavy atom. The molecule has 0 spiro atoms. The molecule has 0 bridgehead atoms. The lowest BCUT2D eigenvalue weighted by atomic mass is 10.3. The van der Waals surface area contributed by atoms with Crippen LogP contribution in [0.1, 0.15) is 12.7 Å². The van der Waals surface area contributed by atoms with Gasteiger partial charge in [0.05, 0.1) is 6.26 Å². The first kappa shape index (κ1) is 10.4. The lowest BCUT2D eigenvalue weighted by Crippen LogP contribution is -2.32. The molecule has 2 aromatic rings. The summed E-state index contributed by atoms with van der Waals surface area (Å²) in [5.74, 6) is 1.01. The van der Waals surface area contributed by atoms with Crippen molar-refractivity contribution in [2.24, 2.45) is 0 Å². The summed E-state index contributed by atoms with van der Waals surface area (Å²) >= 11 is 0. The van der Waals surface area contributed by atoms with E-state index in [9.17, 15) is 4.79 Å². The predicted molar refractivity (Wildman–Crippen MR) is 58.7 cm³/mol. The number of nitrogens with one attached hydrogen (secondary N) is 1. The summed E-state index contributed by atoms with van der Waals surface area (Å²) in [7, 11) is 1.66. The Morgan fingerprint density at radius 2 is 2.31 bits per heavy atom. The van der Waals surface area contributed by atoms with Gasteiger partial charge in [0.15, 0.2) is 17.3 Å². The van der Waals surface area contributed by atoms with Crippen molar-refractivity contribution in [3.63, 3.8) is 0 Å². The van der Waals surface area contributed by atoms with Crippen LogP contribution in [0.3, 0.4) is 0 Å². The van der Waals surface area contributed by atoms with Crippen molar-refractivity contribution in [2.75, 3.05) is 12.5 Å². The van der Waals surface area contributed by atoms with E-state index in [1.165, 1.54) is 10.9 Å². The highest BCUT2D eigenvalue weighted by Crippen LogP contribution is 2.11. The van der Waals surface area contributed by atoms with Crippen LogP contribution in [0.4, 0.5) is 0 Å². The molecule has 0 fully saturated rings. The first-order chi connectivity index (χ1) is 7.77. The highest BCUT2D eigenvalue weighted by atomic mass is 16.3. The van der Waals surface area contributed by atoms with Gasteiger partial charge in [-0.2, -0.15) is 0 Å². The van der Waals surface area contributed by atoms with E-state index >= 15 is 0 Å². The summed E-state index contributed by atoms with van der Waals surface area (Å²) in [6.07, 6.45) is 2.12. The third-order valence-corrected chi connectivity index (χ3v) is 2.22. The number of hydrogen-bond donors (Lipinski definition) is 1. The van der Waals surface area contributed by atoms with Crippen molar-refractivity contribution in [3.05, 3.63) is 34.6 Å². The summed E-state index contributed by atoms with van der Waals surface area (Å²) in [5, 5.41) is 7.86. The van der Waals surface area contributed by atoms with Crippen molar-refractivity contribution < 1.29 is 4.42 Å². The highest BCUT2D eigenvalue weighted by molar-refractivity contribution is 5.49. The lowest BCUT2D eigenvalue weighted by Gasteiger charge is -2.08. The van der Waals surface area contributed by atoms with Gasteiger partial charge in [-0.25, -0.2) is 4.68 Å². The Morgan fingerprint density at radius 3 is 2.88 bits per heavy atom. The molecule has 6 heteroatoms. The fraction of sp³-hybridized carbons (Fsp3) is 0.300. The molecule has 0 atom stereocenters. The maximum atomic E-state index is 12.0. The van der Waals surface area contributed by atoms with Crippen LogP contribution in [0.2, 0.25) is 0 Å². The van der Waals surface area contributed by atoms with E-state index in [1.54, 1.807) is 19.2 Å². The number of nitrogens with zero attached hydrogens (tertiary/aromatic N) is 3. The van der Waals surface area contributed by atoms with Crippen LogP contribution >= 0.6 is 0 Å². The topological polar surface area (TPSA) is 73.0 Å². The van der Waals surface area contributed by atoms with Gasteiger partial charge in [0, 0.05) is 13.5 Å². The van der Waals surface area contributed by atoms with Crippen LogP contribution in [0, 0.1) is 0 Å². The minimum atomic E-state index is -0.260. The summed E-state index contributed by atoms with van der Waals surface area (Å²) < 4.78 is 6.50. The standard InChI is InChI=1S/C10H12N4O2/c1-3-8-12-13-9(7-5-4-6-16-7)10(15)14(8)11-2/h4-6,11H,3H2,1-2H3. The van der Waals surface area contributed by atoms with Gasteiger partial charge in [0.1, 0.15) is 0 Å². The van der Waals surface area contributed by atoms with E-state index in [-0.39, 0.29) is 11.3 Å². The quantitative estimate of drug-likeness (QED) is 0.821. The Kier molecular flexibility index (Phi) is 2.72. The molecule has 0 aliphatic carbocycles. The fourth-order valence-corrected chi connectivity index (χ4v) is 1.45. The third-order valence-electron chi connectivity index (χ3n) is 2.22. The van der Waals surface area contributed by atoms with Crippen LogP contribution in [0.25, 0.3) is 11.5 Å². The Bertz CT molecular complexity index is 530. The van der Waals surface area contributed by atoms with E-state index in [0.29, 0.717) is 18.0 Å². The van der Waals surface area contributed by atoms with Crippen molar-refractivity contribution in [3.8, 4) is 11.5 Å². The molecule has 0 amide bonds. The number of furan rings is 1. The smallest absolute Gasteiger partial charge is 0.302 e. The summed E-state index contributed by atoms with van der Waals surface area (Å²) in [6.45, 7) is 1.91. The van der Waals surface area contributed by atoms with Crippen LogP contribution < -0.4 is 11.0 Å². The summed E-state index contributed by atoms with van der Waals surface area (Å²) in [5.41, 5.74) is 2.72.